The minimum Gasteiger partial charge on any atom is -0.479 e. The molecule has 8 atom stereocenters. The van der Waals surface area contributed by atoms with Crippen molar-refractivity contribution in [2.75, 3.05) is 21.1 Å². The molecule has 0 unspecified atom stereocenters. The van der Waals surface area contributed by atoms with Gasteiger partial charge in [-0.25, -0.2) is 4.79 Å². The molecule has 0 rings (SSSR count). The predicted molar refractivity (Wildman–Crippen MR) is 145 cm³/mol. The summed E-state index contributed by atoms with van der Waals surface area (Å²) in [5.41, 5.74) is -8.97. The molecule has 230 valence electrons. The second-order valence-electron chi connectivity index (χ2n) is 10.6. The molecule has 0 aromatic carbocycles. The summed E-state index contributed by atoms with van der Waals surface area (Å²) >= 11 is 0. The summed E-state index contributed by atoms with van der Waals surface area (Å²) in [5, 5.41) is 43.9. The number of carboxylic acids is 1. The van der Waals surface area contributed by atoms with Crippen LogP contribution in [0.5, 0.6) is 0 Å². The Labute approximate surface area is 237 Å². The summed E-state index contributed by atoms with van der Waals surface area (Å²) < 4.78 is 8.23. The van der Waals surface area contributed by atoms with Gasteiger partial charge in [-0.3, -0.25) is 24.0 Å². The van der Waals surface area contributed by atoms with Crippen LogP contribution in [0.4, 0.5) is 0 Å². The maximum absolute atomic E-state index is 15.3. The maximum atomic E-state index is 15.3. The third-order valence-corrected chi connectivity index (χ3v) is 8.02. The number of Topliss-reactive ketones (excluding diaryl/α,β-unsaturated/α-hetero) is 3. The fourth-order valence-electron chi connectivity index (χ4n) is 4.95. The van der Waals surface area contributed by atoms with Crippen LogP contribution in [0.15, 0.2) is 0 Å². The molecule has 0 aromatic heterocycles. The van der Waals surface area contributed by atoms with Crippen molar-refractivity contribution in [3.8, 4) is 0 Å². The Bertz CT molecular complexity index is 1020. The minimum absolute atomic E-state index is 0.00562. The third-order valence-electron chi connectivity index (χ3n) is 8.02. The Hall–Kier alpha value is -2.74. The molecule has 0 radical (unpaired) electrons. The number of aliphatic carboxylic acids is 1. The highest BCUT2D eigenvalue weighted by Gasteiger charge is 2.69. The molecule has 0 aliphatic carbocycles. The normalized spacial score (nSPS) is 20.2. The number of likely N-dealkylation sites (N-methyl/N-ethyl adjacent to an activating group) is 3. The first-order valence-electron chi connectivity index (χ1n) is 13.9. The summed E-state index contributed by atoms with van der Waals surface area (Å²) in [7, 11) is 1.31. The van der Waals surface area contributed by atoms with Gasteiger partial charge in [0, 0.05) is 15.4 Å². The van der Waals surface area contributed by atoms with Crippen molar-refractivity contribution in [1.29, 1.82) is 0 Å². The number of nitrogens with zero attached hydrogens (tertiary/aromatic N) is 2. The van der Waals surface area contributed by atoms with Gasteiger partial charge in [0.2, 0.25) is 11.4 Å². The summed E-state index contributed by atoms with van der Waals surface area (Å²) in [6.07, 6.45) is -3.69. The minimum atomic E-state index is -3.29. The summed E-state index contributed by atoms with van der Waals surface area (Å²) in [6, 6.07) is -1.19. The van der Waals surface area contributed by atoms with Crippen LogP contribution in [-0.2, 0) is 28.8 Å². The van der Waals surface area contributed by atoms with Gasteiger partial charge in [0.15, 0.2) is 22.6 Å². The molecule has 0 aliphatic rings. The highest BCUT2D eigenvalue weighted by Crippen LogP contribution is 2.42. The Morgan fingerprint density at radius 1 is 0.825 bits per heavy atom. The number of carboxylic acid groups (broad SMARTS) is 1. The zero-order chi connectivity index (χ0) is 32.8. The summed E-state index contributed by atoms with van der Waals surface area (Å²) in [4.78, 5) is 83.9. The van der Waals surface area contributed by atoms with Crippen LogP contribution < -0.4 is 5.32 Å². The van der Waals surface area contributed by atoms with Crippen molar-refractivity contribution in [1.82, 2.24) is 15.1 Å². The van der Waals surface area contributed by atoms with Gasteiger partial charge in [-0.1, -0.05) is 40.5 Å². The molecule has 2 amide bonds. The van der Waals surface area contributed by atoms with Gasteiger partial charge in [-0.15, -0.1) is 0 Å². The van der Waals surface area contributed by atoms with Gasteiger partial charge in [0.25, 0.3) is 11.8 Å². The number of aliphatic hydroxyl groups excluding tert-OH is 2. The largest absolute Gasteiger partial charge is 0.479 e. The molecule has 0 bridgehead atoms. The number of hydrogen-bond acceptors (Lipinski definition) is 10. The summed E-state index contributed by atoms with van der Waals surface area (Å²) in [6.45, 7) is 9.93. The van der Waals surface area contributed by atoms with Crippen LogP contribution in [-0.4, -0.2) is 121 Å². The quantitative estimate of drug-likeness (QED) is 0.147. The first-order chi connectivity index (χ1) is 18.7. The predicted octanol–water partition coefficient (Wildman–Crippen LogP) is -0.615. The van der Waals surface area contributed by atoms with E-state index in [9.17, 15) is 44.4 Å². The van der Waals surface area contributed by atoms with E-state index in [2.05, 4.69) is 5.32 Å². The fourth-order valence-corrected chi connectivity index (χ4v) is 4.95. The van der Waals surface area contributed by atoms with E-state index in [0.29, 0.717) is 16.7 Å². The lowest BCUT2D eigenvalue weighted by Crippen LogP contribution is -2.80. The average Bonchev–Trinajstić information content (AvgIpc) is 2.93. The molecule has 40 heavy (non-hydrogen) atoms. The third kappa shape index (κ3) is 5.97. The topological polar surface area (TPSA) is 202 Å². The lowest BCUT2D eigenvalue weighted by atomic mass is 9.60. The maximum Gasteiger partial charge on any atom is 0.343 e. The van der Waals surface area contributed by atoms with Gasteiger partial charge in [-0.05, 0) is 46.6 Å². The summed E-state index contributed by atoms with van der Waals surface area (Å²) in [5.74, 6) is -11.0. The van der Waals surface area contributed by atoms with E-state index in [4.69, 9.17) is 1.37 Å². The van der Waals surface area contributed by atoms with Crippen molar-refractivity contribution in [3.63, 3.8) is 0 Å². The monoisotopic (exact) mass is 574 g/mol. The standard InChI is InChI=1S/C27H47N3O10/c1-12-14(3)26(19(33)16(5)28-9,29(10)20(34)17(6)31)23(37)27(15(4)13-2,30(11)21(35)18(7)32)22(36)25(8,40)24(38)39/h14-18,28,31-32,40H,12-13H2,1-11H3,(H,38,39)/t14-,15-,16-,17+,18+,25-,26+,27-/m0/s1/i10D. The first-order valence-corrected chi connectivity index (χ1v) is 13.2. The van der Waals surface area contributed by atoms with Crippen LogP contribution in [0.1, 0.15) is 69.6 Å². The molecule has 0 aromatic rings. The second kappa shape index (κ2) is 13.7. The van der Waals surface area contributed by atoms with Crippen LogP contribution >= 0.6 is 0 Å². The average molecular weight is 575 g/mol. The van der Waals surface area contributed by atoms with Crippen LogP contribution in [0.3, 0.4) is 0 Å². The Balaban J connectivity index is 8.69. The Kier molecular flexibility index (Phi) is 12.1. The van der Waals surface area contributed by atoms with Gasteiger partial charge in [-0.2, -0.15) is 0 Å². The van der Waals surface area contributed by atoms with Crippen molar-refractivity contribution in [3.05, 3.63) is 0 Å². The number of hydrogen-bond donors (Lipinski definition) is 5. The molecule has 13 heteroatoms. The Morgan fingerprint density at radius 2 is 1.23 bits per heavy atom. The van der Waals surface area contributed by atoms with Gasteiger partial charge in [0.05, 0.1) is 6.04 Å². The zero-order valence-electron chi connectivity index (χ0n) is 26.1. The first kappa shape index (κ1) is 35.3. The molecule has 0 saturated carbocycles. The SMILES string of the molecule is [2H]CN(C(=O)[C@@H](C)O)[C@](C(=O)[C@H](C)NC)(C(=O)[C@@](C(=O)[C@](C)(O)C(=O)O)([C@@H](C)CC)N(C)C(=O)[C@@H](C)O)[C@@H](C)CC. The highest BCUT2D eigenvalue weighted by atomic mass is 16.4. The van der Waals surface area contributed by atoms with E-state index in [1.807, 2.05) is 0 Å². The molecular formula is C27H47N3O10. The number of carbonyl (C=O) groups is 6. The van der Waals surface area contributed by atoms with E-state index in [1.165, 1.54) is 34.7 Å². The lowest BCUT2D eigenvalue weighted by molar-refractivity contribution is -0.182. The van der Waals surface area contributed by atoms with Crippen molar-refractivity contribution >= 4 is 35.1 Å². The molecule has 0 saturated heterocycles. The van der Waals surface area contributed by atoms with E-state index in [0.717, 1.165) is 20.9 Å². The van der Waals surface area contributed by atoms with Gasteiger partial charge < -0.3 is 35.5 Å². The van der Waals surface area contributed by atoms with Crippen LogP contribution in [0.25, 0.3) is 0 Å². The number of nitrogens with one attached hydrogen (secondary N) is 1. The van der Waals surface area contributed by atoms with Crippen LogP contribution in [0, 0.1) is 11.8 Å². The smallest absolute Gasteiger partial charge is 0.343 e. The van der Waals surface area contributed by atoms with Crippen molar-refractivity contribution in [2.24, 2.45) is 11.8 Å². The molecule has 0 spiro atoms. The number of ketones is 3. The number of amides is 2. The molecule has 5 N–H and O–H groups in total. The Morgan fingerprint density at radius 3 is 1.55 bits per heavy atom. The lowest BCUT2D eigenvalue weighted by Gasteiger charge is -2.53. The van der Waals surface area contributed by atoms with E-state index in [1.54, 1.807) is 6.92 Å². The van der Waals surface area contributed by atoms with Crippen molar-refractivity contribution in [2.45, 2.75) is 103 Å². The molecule has 0 aliphatic heterocycles. The molecule has 0 heterocycles. The molecule has 13 nitrogen and oxygen atoms in total. The number of carbonyl (C=O) groups excluding carboxylic acids is 5. The van der Waals surface area contributed by atoms with Crippen molar-refractivity contribution < 1.29 is 50.6 Å². The number of aliphatic hydroxyl groups is 3. The van der Waals surface area contributed by atoms with E-state index < -0.39 is 88.9 Å². The molecule has 0 fully saturated rings. The van der Waals surface area contributed by atoms with E-state index in [-0.39, 0.29) is 12.8 Å². The fraction of sp³-hybridized carbons (Fsp3) is 0.778. The zero-order valence-corrected chi connectivity index (χ0v) is 25.1. The van der Waals surface area contributed by atoms with Gasteiger partial charge >= 0.3 is 5.97 Å². The number of rotatable bonds is 16. The second-order valence-corrected chi connectivity index (χ2v) is 10.6. The highest BCUT2D eigenvalue weighted by molar-refractivity contribution is 6.30. The van der Waals surface area contributed by atoms with Gasteiger partial charge in [0.1, 0.15) is 12.2 Å². The van der Waals surface area contributed by atoms with E-state index >= 15 is 4.79 Å². The van der Waals surface area contributed by atoms with Crippen LogP contribution in [0.2, 0.25) is 0 Å². The molecular weight excluding hydrogens is 526 g/mol.